The largest absolute Gasteiger partial charge is 0.480 e. The van der Waals surface area contributed by atoms with Gasteiger partial charge in [-0.1, -0.05) is 11.2 Å². The van der Waals surface area contributed by atoms with E-state index in [0.717, 1.165) is 10.0 Å². The first-order valence-corrected chi connectivity index (χ1v) is 8.64. The third-order valence-electron chi connectivity index (χ3n) is 3.56. The van der Waals surface area contributed by atoms with E-state index in [9.17, 15) is 0 Å². The van der Waals surface area contributed by atoms with Gasteiger partial charge in [0.15, 0.2) is 11.9 Å². The Morgan fingerprint density at radius 2 is 2.12 bits per heavy atom. The molecule has 9 heteroatoms. The second kappa shape index (κ2) is 7.79. The van der Waals surface area contributed by atoms with Gasteiger partial charge in [0.1, 0.15) is 18.2 Å². The molecule has 0 fully saturated rings. The molecular formula is C17H18BrN5O3. The molecular weight excluding hydrogens is 402 g/mol. The van der Waals surface area contributed by atoms with Gasteiger partial charge in [0, 0.05) is 13.3 Å². The van der Waals surface area contributed by atoms with Crippen molar-refractivity contribution < 1.29 is 14.0 Å². The number of halogens is 1. The molecule has 0 bridgehead atoms. The maximum absolute atomic E-state index is 5.96. The fourth-order valence-corrected chi connectivity index (χ4v) is 2.84. The zero-order valence-electron chi connectivity index (χ0n) is 14.6. The zero-order chi connectivity index (χ0) is 18.7. The summed E-state index contributed by atoms with van der Waals surface area (Å²) in [6.45, 7) is 4.11. The lowest BCUT2D eigenvalue weighted by molar-refractivity contribution is 0.174. The van der Waals surface area contributed by atoms with Crippen LogP contribution in [0.4, 0.5) is 5.82 Å². The van der Waals surface area contributed by atoms with Crippen LogP contribution in [-0.2, 0) is 11.3 Å². The van der Waals surface area contributed by atoms with Crippen LogP contribution in [0.5, 0.6) is 5.75 Å². The Hall–Kier alpha value is -2.52. The van der Waals surface area contributed by atoms with Gasteiger partial charge >= 0.3 is 0 Å². The number of nitrogens with two attached hydrogens (primary N) is 1. The molecule has 3 aromatic rings. The molecule has 0 aliphatic carbocycles. The van der Waals surface area contributed by atoms with Crippen molar-refractivity contribution in [3.63, 3.8) is 0 Å². The Kier molecular flexibility index (Phi) is 5.48. The summed E-state index contributed by atoms with van der Waals surface area (Å²) in [5, 5.41) is 3.95. The average molecular weight is 420 g/mol. The molecule has 1 aromatic carbocycles. The lowest BCUT2D eigenvalue weighted by Gasteiger charge is -2.12. The van der Waals surface area contributed by atoms with Crippen molar-refractivity contribution in [2.75, 3.05) is 12.8 Å². The van der Waals surface area contributed by atoms with Crippen LogP contribution in [0.2, 0.25) is 0 Å². The Balaban J connectivity index is 1.78. The standard InChI is InChI=1S/C17H18BrN5O3/c1-9-4-5-13(12(18)6-9)25-10(2)17-22-16(23-26-17)11-7-20-14(8-24-3)21-15(11)19/h4-7,10H,8H2,1-3H3,(H2,19,20,21). The summed E-state index contributed by atoms with van der Waals surface area (Å²) in [5.74, 6) is 2.06. The molecule has 0 saturated carbocycles. The lowest BCUT2D eigenvalue weighted by atomic mass is 10.2. The van der Waals surface area contributed by atoms with Gasteiger partial charge in [0.05, 0.1) is 10.0 Å². The molecule has 2 N–H and O–H groups in total. The van der Waals surface area contributed by atoms with Gasteiger partial charge in [-0.25, -0.2) is 9.97 Å². The molecule has 1 unspecified atom stereocenters. The number of aryl methyl sites for hydroxylation is 1. The van der Waals surface area contributed by atoms with Crippen molar-refractivity contribution in [1.82, 2.24) is 20.1 Å². The van der Waals surface area contributed by atoms with Crippen LogP contribution < -0.4 is 10.5 Å². The van der Waals surface area contributed by atoms with Crippen molar-refractivity contribution >= 4 is 21.7 Å². The summed E-state index contributed by atoms with van der Waals surface area (Å²) in [4.78, 5) is 12.7. The van der Waals surface area contributed by atoms with Crippen molar-refractivity contribution in [2.24, 2.45) is 0 Å². The van der Waals surface area contributed by atoms with Crippen molar-refractivity contribution in [3.8, 4) is 17.1 Å². The van der Waals surface area contributed by atoms with E-state index in [4.69, 9.17) is 19.7 Å². The summed E-state index contributed by atoms with van der Waals surface area (Å²) in [5.41, 5.74) is 7.58. The number of nitrogens with zero attached hydrogens (tertiary/aromatic N) is 4. The highest BCUT2D eigenvalue weighted by Gasteiger charge is 2.20. The smallest absolute Gasteiger partial charge is 0.267 e. The van der Waals surface area contributed by atoms with E-state index in [1.807, 2.05) is 32.0 Å². The molecule has 1 atom stereocenters. The van der Waals surface area contributed by atoms with E-state index < -0.39 is 6.10 Å². The minimum absolute atomic E-state index is 0.259. The van der Waals surface area contributed by atoms with Gasteiger partial charge in [-0.05, 0) is 47.5 Å². The third-order valence-corrected chi connectivity index (χ3v) is 4.18. The first kappa shape index (κ1) is 18.3. The molecule has 0 amide bonds. The quantitative estimate of drug-likeness (QED) is 0.646. The average Bonchev–Trinajstić information content (AvgIpc) is 3.07. The number of benzene rings is 1. The molecule has 136 valence electrons. The number of nitrogen functional groups attached to an aromatic ring is 1. The molecule has 0 spiro atoms. The first-order valence-electron chi connectivity index (χ1n) is 7.85. The van der Waals surface area contributed by atoms with Crippen molar-refractivity contribution in [1.29, 1.82) is 0 Å². The number of ether oxygens (including phenoxy) is 2. The normalized spacial score (nSPS) is 12.2. The Labute approximate surface area is 158 Å². The Morgan fingerprint density at radius 3 is 2.81 bits per heavy atom. The number of anilines is 1. The highest BCUT2D eigenvalue weighted by Crippen LogP contribution is 2.30. The maximum atomic E-state index is 5.96. The second-order valence-electron chi connectivity index (χ2n) is 5.67. The third kappa shape index (κ3) is 4.00. The van der Waals surface area contributed by atoms with Crippen LogP contribution in [0.25, 0.3) is 11.4 Å². The maximum Gasteiger partial charge on any atom is 0.267 e. The molecule has 3 rings (SSSR count). The monoisotopic (exact) mass is 419 g/mol. The first-order chi connectivity index (χ1) is 12.5. The second-order valence-corrected chi connectivity index (χ2v) is 6.52. The van der Waals surface area contributed by atoms with Gasteiger partial charge in [-0.3, -0.25) is 0 Å². The van der Waals surface area contributed by atoms with E-state index in [0.29, 0.717) is 28.9 Å². The predicted molar refractivity (Wildman–Crippen MR) is 98.4 cm³/mol. The predicted octanol–water partition coefficient (Wildman–Crippen LogP) is 3.47. The molecule has 2 heterocycles. The zero-order valence-corrected chi connectivity index (χ0v) is 16.1. The SMILES string of the molecule is COCc1ncc(-c2noc(C(C)Oc3ccc(C)cc3Br)n2)c(N)n1. The number of hydrogen-bond donors (Lipinski definition) is 1. The molecule has 2 aromatic heterocycles. The van der Waals surface area contributed by atoms with E-state index in [1.165, 1.54) is 0 Å². The summed E-state index contributed by atoms with van der Waals surface area (Å²) >= 11 is 3.48. The number of hydrogen-bond acceptors (Lipinski definition) is 8. The van der Waals surface area contributed by atoms with Crippen LogP contribution in [0.15, 0.2) is 33.4 Å². The van der Waals surface area contributed by atoms with E-state index in [2.05, 4.69) is 36.0 Å². The van der Waals surface area contributed by atoms with E-state index in [1.54, 1.807) is 13.3 Å². The molecule has 0 aliphatic rings. The number of methoxy groups -OCH3 is 1. The summed E-state index contributed by atoms with van der Waals surface area (Å²) in [7, 11) is 1.56. The van der Waals surface area contributed by atoms with Crippen LogP contribution in [0.3, 0.4) is 0 Å². The topological polar surface area (TPSA) is 109 Å². The highest BCUT2D eigenvalue weighted by atomic mass is 79.9. The summed E-state index contributed by atoms with van der Waals surface area (Å²) in [6, 6.07) is 5.82. The Bertz CT molecular complexity index is 915. The van der Waals surface area contributed by atoms with E-state index >= 15 is 0 Å². The number of aromatic nitrogens is 4. The molecule has 0 radical (unpaired) electrons. The fourth-order valence-electron chi connectivity index (χ4n) is 2.26. The van der Waals surface area contributed by atoms with Crippen LogP contribution in [-0.4, -0.2) is 27.2 Å². The van der Waals surface area contributed by atoms with E-state index in [-0.39, 0.29) is 12.4 Å². The molecule has 8 nitrogen and oxygen atoms in total. The van der Waals surface area contributed by atoms with Crippen LogP contribution >= 0.6 is 15.9 Å². The van der Waals surface area contributed by atoms with Crippen LogP contribution in [0.1, 0.15) is 30.3 Å². The van der Waals surface area contributed by atoms with Crippen molar-refractivity contribution in [3.05, 3.63) is 46.1 Å². The number of rotatable bonds is 6. The fraction of sp³-hybridized carbons (Fsp3) is 0.294. The summed E-state index contributed by atoms with van der Waals surface area (Å²) in [6.07, 6.45) is 1.11. The minimum Gasteiger partial charge on any atom is -0.480 e. The van der Waals surface area contributed by atoms with Gasteiger partial charge < -0.3 is 19.7 Å². The molecule has 0 saturated heterocycles. The molecule has 0 aliphatic heterocycles. The van der Waals surface area contributed by atoms with Gasteiger partial charge in [-0.2, -0.15) is 4.98 Å². The summed E-state index contributed by atoms with van der Waals surface area (Å²) < 4.78 is 17.1. The lowest BCUT2D eigenvalue weighted by Crippen LogP contribution is -2.05. The highest BCUT2D eigenvalue weighted by molar-refractivity contribution is 9.10. The molecule has 26 heavy (non-hydrogen) atoms. The minimum atomic E-state index is -0.440. The van der Waals surface area contributed by atoms with Gasteiger partial charge in [0.25, 0.3) is 5.89 Å². The van der Waals surface area contributed by atoms with Gasteiger partial charge in [-0.15, -0.1) is 0 Å². The van der Waals surface area contributed by atoms with Gasteiger partial charge in [0.2, 0.25) is 5.82 Å². The Morgan fingerprint density at radius 1 is 1.31 bits per heavy atom. The van der Waals surface area contributed by atoms with Crippen molar-refractivity contribution in [2.45, 2.75) is 26.6 Å². The van der Waals surface area contributed by atoms with Crippen LogP contribution in [0, 0.1) is 6.92 Å².